The van der Waals surface area contributed by atoms with Gasteiger partial charge in [0, 0.05) is 17.7 Å². The quantitative estimate of drug-likeness (QED) is 0.526. The highest BCUT2D eigenvalue weighted by Gasteiger charge is 2.10. The van der Waals surface area contributed by atoms with E-state index in [0.717, 1.165) is 16.8 Å². The van der Waals surface area contributed by atoms with E-state index in [-0.39, 0.29) is 11.4 Å². The molecule has 4 nitrogen and oxygen atoms in total. The normalized spacial score (nSPS) is 11.4. The molecular formula is C18H13F3N4S. The molecule has 0 aliphatic rings. The van der Waals surface area contributed by atoms with Crippen LogP contribution in [0.5, 0.6) is 0 Å². The number of nitrogens with one attached hydrogen (secondary N) is 1. The first kappa shape index (κ1) is 16.6. The van der Waals surface area contributed by atoms with Gasteiger partial charge in [-0.25, -0.2) is 22.7 Å². The van der Waals surface area contributed by atoms with E-state index in [9.17, 15) is 13.2 Å². The predicted octanol–water partition coefficient (Wildman–Crippen LogP) is 5.15. The van der Waals surface area contributed by atoms with Gasteiger partial charge in [-0.05, 0) is 29.8 Å². The lowest BCUT2D eigenvalue weighted by molar-refractivity contribution is 0.151. The van der Waals surface area contributed by atoms with E-state index in [1.54, 1.807) is 35.0 Å². The van der Waals surface area contributed by atoms with Gasteiger partial charge in [-0.1, -0.05) is 35.6 Å². The van der Waals surface area contributed by atoms with E-state index in [0.29, 0.717) is 16.6 Å². The average Bonchev–Trinajstić information content (AvgIpc) is 3.19. The first-order valence-corrected chi connectivity index (χ1v) is 8.63. The zero-order chi connectivity index (χ0) is 18.1. The maximum Gasteiger partial charge on any atom is 0.263 e. The third-order valence-corrected chi connectivity index (χ3v) is 4.74. The van der Waals surface area contributed by atoms with Crippen molar-refractivity contribution < 1.29 is 13.2 Å². The number of alkyl halides is 2. The standard InChI is InChI=1S/C18H13F3N4S/c19-14-7-5-12(6-8-14)15-10-25-18(23-15)26-17(24-25)22-9-11-1-3-13(4-2-11)16(20)21/h1-8,10,16H,9H2,(H,22,24). The first-order valence-electron chi connectivity index (χ1n) is 7.81. The smallest absolute Gasteiger partial charge is 0.263 e. The molecule has 0 fully saturated rings. The number of hydrogen-bond acceptors (Lipinski definition) is 4. The fourth-order valence-electron chi connectivity index (χ4n) is 2.49. The molecule has 4 aromatic rings. The highest BCUT2D eigenvalue weighted by molar-refractivity contribution is 7.20. The summed E-state index contributed by atoms with van der Waals surface area (Å²) in [6.07, 6.45) is -0.680. The molecule has 0 saturated carbocycles. The highest BCUT2D eigenvalue weighted by Crippen LogP contribution is 2.25. The lowest BCUT2D eigenvalue weighted by Crippen LogP contribution is -1.99. The monoisotopic (exact) mass is 374 g/mol. The Labute approximate surface area is 150 Å². The van der Waals surface area contributed by atoms with Crippen LogP contribution in [0.25, 0.3) is 16.2 Å². The lowest BCUT2D eigenvalue weighted by Gasteiger charge is -2.04. The van der Waals surface area contributed by atoms with Crippen molar-refractivity contribution in [2.24, 2.45) is 0 Å². The van der Waals surface area contributed by atoms with Gasteiger partial charge < -0.3 is 5.32 Å². The number of hydrogen-bond donors (Lipinski definition) is 1. The van der Waals surface area contributed by atoms with Gasteiger partial charge in [-0.3, -0.25) is 0 Å². The van der Waals surface area contributed by atoms with Gasteiger partial charge in [0.25, 0.3) is 6.43 Å². The molecule has 2 aromatic carbocycles. The molecule has 0 radical (unpaired) electrons. The Morgan fingerprint density at radius 2 is 1.77 bits per heavy atom. The number of anilines is 1. The maximum absolute atomic E-state index is 13.0. The van der Waals surface area contributed by atoms with Crippen molar-refractivity contribution in [2.45, 2.75) is 13.0 Å². The Hall–Kier alpha value is -2.87. The van der Waals surface area contributed by atoms with Gasteiger partial charge in [0.2, 0.25) is 10.1 Å². The second-order valence-corrected chi connectivity index (χ2v) is 6.62. The van der Waals surface area contributed by atoms with E-state index in [1.165, 1.54) is 35.6 Å². The topological polar surface area (TPSA) is 42.2 Å². The predicted molar refractivity (Wildman–Crippen MR) is 95.0 cm³/mol. The number of benzene rings is 2. The van der Waals surface area contributed by atoms with Gasteiger partial charge in [0.05, 0.1) is 11.9 Å². The highest BCUT2D eigenvalue weighted by atomic mass is 32.1. The zero-order valence-electron chi connectivity index (χ0n) is 13.4. The van der Waals surface area contributed by atoms with Crippen molar-refractivity contribution in [3.8, 4) is 11.3 Å². The fourth-order valence-corrected chi connectivity index (χ4v) is 3.27. The minimum absolute atomic E-state index is 0.00907. The van der Waals surface area contributed by atoms with Crippen LogP contribution in [0.1, 0.15) is 17.6 Å². The van der Waals surface area contributed by atoms with E-state index in [4.69, 9.17) is 0 Å². The molecule has 8 heteroatoms. The molecule has 2 aromatic heterocycles. The van der Waals surface area contributed by atoms with E-state index in [1.807, 2.05) is 0 Å². The Kier molecular flexibility index (Phi) is 4.34. The van der Waals surface area contributed by atoms with Gasteiger partial charge in [-0.2, -0.15) is 0 Å². The third kappa shape index (κ3) is 3.41. The molecule has 0 aliphatic carbocycles. The minimum atomic E-state index is -2.46. The van der Waals surface area contributed by atoms with Crippen LogP contribution in [0.15, 0.2) is 54.7 Å². The molecule has 0 atom stereocenters. The summed E-state index contributed by atoms with van der Waals surface area (Å²) in [5, 5.41) is 8.24. The Bertz CT molecular complexity index is 991. The Morgan fingerprint density at radius 1 is 1.04 bits per heavy atom. The van der Waals surface area contributed by atoms with Crippen LogP contribution < -0.4 is 5.32 Å². The number of halogens is 3. The molecule has 1 N–H and O–H groups in total. The number of fused-ring (bicyclic) bond motifs is 1. The molecule has 0 aliphatic heterocycles. The summed E-state index contributed by atoms with van der Waals surface area (Å²) in [6.45, 7) is 0.477. The van der Waals surface area contributed by atoms with Crippen molar-refractivity contribution in [2.75, 3.05) is 5.32 Å². The van der Waals surface area contributed by atoms with Gasteiger partial charge in [0.1, 0.15) is 5.82 Å². The summed E-state index contributed by atoms with van der Waals surface area (Å²) in [5.41, 5.74) is 2.43. The molecule has 2 heterocycles. The van der Waals surface area contributed by atoms with Crippen molar-refractivity contribution in [1.82, 2.24) is 14.6 Å². The van der Waals surface area contributed by atoms with Crippen LogP contribution in [0.3, 0.4) is 0 Å². The molecule has 132 valence electrons. The maximum atomic E-state index is 13.0. The first-order chi connectivity index (χ1) is 12.6. The summed E-state index contributed by atoms with van der Waals surface area (Å²) in [6, 6.07) is 12.3. The fraction of sp³-hybridized carbons (Fsp3) is 0.111. The van der Waals surface area contributed by atoms with Gasteiger partial charge >= 0.3 is 0 Å². The van der Waals surface area contributed by atoms with E-state index in [2.05, 4.69) is 15.4 Å². The molecule has 0 unspecified atom stereocenters. The molecular weight excluding hydrogens is 361 g/mol. The van der Waals surface area contributed by atoms with Crippen LogP contribution in [0.4, 0.5) is 18.3 Å². The Morgan fingerprint density at radius 3 is 2.42 bits per heavy atom. The van der Waals surface area contributed by atoms with Gasteiger partial charge in [-0.15, -0.1) is 5.10 Å². The van der Waals surface area contributed by atoms with E-state index >= 15 is 0 Å². The molecule has 0 bridgehead atoms. The third-order valence-electron chi connectivity index (χ3n) is 3.86. The number of imidazole rings is 1. The minimum Gasteiger partial charge on any atom is -0.356 e. The average molecular weight is 374 g/mol. The molecule has 0 amide bonds. The summed E-state index contributed by atoms with van der Waals surface area (Å²) in [4.78, 5) is 5.20. The molecule has 0 spiro atoms. The second-order valence-electron chi connectivity index (χ2n) is 5.66. The summed E-state index contributed by atoms with van der Waals surface area (Å²) >= 11 is 1.38. The lowest BCUT2D eigenvalue weighted by atomic mass is 10.1. The second kappa shape index (κ2) is 6.80. The molecule has 0 saturated heterocycles. The van der Waals surface area contributed by atoms with E-state index < -0.39 is 6.43 Å². The van der Waals surface area contributed by atoms with Crippen LogP contribution >= 0.6 is 11.3 Å². The summed E-state index contributed by atoms with van der Waals surface area (Å²) in [5.74, 6) is -0.291. The van der Waals surface area contributed by atoms with Crippen molar-refractivity contribution in [1.29, 1.82) is 0 Å². The Balaban J connectivity index is 1.46. The number of nitrogens with zero attached hydrogens (tertiary/aromatic N) is 3. The molecule has 4 rings (SSSR count). The largest absolute Gasteiger partial charge is 0.356 e. The van der Waals surface area contributed by atoms with Crippen LogP contribution in [0, 0.1) is 5.82 Å². The van der Waals surface area contributed by atoms with Crippen LogP contribution in [0.2, 0.25) is 0 Å². The van der Waals surface area contributed by atoms with Crippen molar-refractivity contribution in [3.05, 3.63) is 71.7 Å². The van der Waals surface area contributed by atoms with Crippen molar-refractivity contribution in [3.63, 3.8) is 0 Å². The van der Waals surface area contributed by atoms with Crippen LogP contribution in [-0.4, -0.2) is 14.6 Å². The summed E-state index contributed by atoms with van der Waals surface area (Å²) < 4.78 is 39.8. The zero-order valence-corrected chi connectivity index (χ0v) is 14.2. The number of rotatable bonds is 5. The van der Waals surface area contributed by atoms with Crippen LogP contribution in [-0.2, 0) is 6.54 Å². The summed E-state index contributed by atoms with van der Waals surface area (Å²) in [7, 11) is 0. The van der Waals surface area contributed by atoms with Crippen molar-refractivity contribution >= 4 is 21.4 Å². The van der Waals surface area contributed by atoms with Gasteiger partial charge in [0.15, 0.2) is 0 Å². The molecule has 26 heavy (non-hydrogen) atoms. The number of aromatic nitrogens is 3. The SMILES string of the molecule is Fc1ccc(-c2cn3nc(NCc4ccc(C(F)F)cc4)sc3n2)cc1.